The molecule has 0 amide bonds. The number of carbonyl (C=O) groups excluding carboxylic acids is 1. The van der Waals surface area contributed by atoms with Gasteiger partial charge in [-0.15, -0.1) is 5.10 Å². The van der Waals surface area contributed by atoms with Crippen LogP contribution in [0.15, 0.2) is 12.3 Å². The molecule has 0 spiro atoms. The molecule has 1 aromatic rings. The van der Waals surface area contributed by atoms with Gasteiger partial charge in [0.15, 0.2) is 0 Å². The second-order valence-electron chi connectivity index (χ2n) is 9.46. The van der Waals surface area contributed by atoms with Crippen LogP contribution >= 0.6 is 0 Å². The Morgan fingerprint density at radius 1 is 1.22 bits per heavy atom. The average Bonchev–Trinajstić information content (AvgIpc) is 3.17. The van der Waals surface area contributed by atoms with Gasteiger partial charge in [-0.1, -0.05) is 10.4 Å². The number of hydrogen-bond acceptors (Lipinski definition) is 4. The first-order valence-corrected chi connectivity index (χ1v) is 9.01. The van der Waals surface area contributed by atoms with E-state index in [1.807, 2.05) is 0 Å². The van der Waals surface area contributed by atoms with Gasteiger partial charge in [-0.05, 0) is 33.6 Å². The van der Waals surface area contributed by atoms with Gasteiger partial charge in [-0.25, -0.2) is 4.79 Å². The molecule has 1 heterocycles. The van der Waals surface area contributed by atoms with Gasteiger partial charge < -0.3 is 9.47 Å². The third kappa shape index (κ3) is 4.19. The van der Waals surface area contributed by atoms with Crippen molar-refractivity contribution in [3.63, 3.8) is 0 Å². The predicted molar refractivity (Wildman–Crippen MR) is 107 cm³/mol. The van der Waals surface area contributed by atoms with Crippen LogP contribution in [0.5, 0.6) is 5.88 Å². The van der Waals surface area contributed by atoms with Gasteiger partial charge in [0.05, 0.1) is 27.7 Å². The maximum atomic E-state index is 13.6. The summed E-state index contributed by atoms with van der Waals surface area (Å²) in [6.45, 7) is 5.27. The Morgan fingerprint density at radius 3 is 2.22 bits per heavy atom. The Balaban J connectivity index is 2.07. The molecule has 0 atom stereocenters. The maximum absolute atomic E-state index is 13.6. The van der Waals surface area contributed by atoms with E-state index in [4.69, 9.17) is 9.47 Å². The predicted octanol–water partition coefficient (Wildman–Crippen LogP) is 0.152. The van der Waals surface area contributed by atoms with Crippen molar-refractivity contribution in [3.8, 4) is 5.88 Å². The molecule has 1 aliphatic rings. The SMILES string of the molecule is BC(B)(COc1ccn(C(=O)OC(C)(C)C)n1)C(B)(B)C1(C(F)(F)F)CC1. The standard InChI is InChI=1S/C15H25B4F3N2O3/c1-11(2,3)27-10(25)24-7-4-9(23-24)26-8-13(16,17)14(18,19)12(5-6-12)15(20,21)22/h4,7H,5-6,8,16-19H2,1-3H3. The van der Waals surface area contributed by atoms with Crippen LogP contribution in [0, 0.1) is 5.41 Å². The summed E-state index contributed by atoms with van der Waals surface area (Å²) < 4.78 is 52.7. The highest BCUT2D eigenvalue weighted by atomic mass is 19.4. The Morgan fingerprint density at radius 2 is 1.78 bits per heavy atom. The zero-order valence-electron chi connectivity index (χ0n) is 17.0. The molecule has 0 bridgehead atoms. The number of carbonyl (C=O) groups is 1. The van der Waals surface area contributed by atoms with Gasteiger partial charge in [-0.3, -0.25) is 0 Å². The molecule has 2 rings (SSSR count). The number of aromatic nitrogens is 2. The van der Waals surface area contributed by atoms with E-state index in [1.165, 1.54) is 12.3 Å². The molecule has 5 nitrogen and oxygen atoms in total. The summed E-state index contributed by atoms with van der Waals surface area (Å²) in [5.41, 5.74) is -2.34. The minimum absolute atomic E-state index is 0.0448. The first-order valence-electron chi connectivity index (χ1n) is 9.01. The van der Waals surface area contributed by atoms with Crippen LogP contribution in [0.1, 0.15) is 33.6 Å². The highest BCUT2D eigenvalue weighted by Gasteiger charge is 2.72. The lowest BCUT2D eigenvalue weighted by molar-refractivity contribution is -0.193. The third-order valence-corrected chi connectivity index (χ3v) is 5.91. The van der Waals surface area contributed by atoms with Crippen LogP contribution in [0.4, 0.5) is 18.0 Å². The van der Waals surface area contributed by atoms with Crippen LogP contribution in [-0.4, -0.2) is 65.6 Å². The summed E-state index contributed by atoms with van der Waals surface area (Å²) in [6.07, 6.45) is -3.21. The quantitative estimate of drug-likeness (QED) is 0.682. The van der Waals surface area contributed by atoms with E-state index in [0.717, 1.165) is 4.68 Å². The number of hydrogen-bond donors (Lipinski definition) is 0. The lowest BCUT2D eigenvalue weighted by Crippen LogP contribution is -2.48. The van der Waals surface area contributed by atoms with E-state index in [9.17, 15) is 18.0 Å². The number of alkyl halides is 3. The Kier molecular flexibility index (Phi) is 5.30. The van der Waals surface area contributed by atoms with E-state index in [1.54, 1.807) is 52.2 Å². The van der Waals surface area contributed by atoms with Crippen molar-refractivity contribution in [1.29, 1.82) is 0 Å². The molecule has 0 aromatic carbocycles. The van der Waals surface area contributed by atoms with E-state index >= 15 is 0 Å². The average molecular weight is 382 g/mol. The molecule has 1 aromatic heterocycles. The van der Waals surface area contributed by atoms with Crippen LogP contribution in [-0.2, 0) is 4.74 Å². The molecule has 1 aliphatic carbocycles. The van der Waals surface area contributed by atoms with Crippen molar-refractivity contribution in [1.82, 2.24) is 9.78 Å². The fourth-order valence-corrected chi connectivity index (χ4v) is 3.26. The van der Waals surface area contributed by atoms with Crippen LogP contribution < -0.4 is 4.74 Å². The number of halogens is 3. The van der Waals surface area contributed by atoms with Gasteiger partial charge in [0.2, 0.25) is 5.88 Å². The maximum Gasteiger partial charge on any atom is 0.435 e. The van der Waals surface area contributed by atoms with Crippen molar-refractivity contribution < 1.29 is 27.4 Å². The third-order valence-electron chi connectivity index (χ3n) is 5.91. The summed E-state index contributed by atoms with van der Waals surface area (Å²) in [6, 6.07) is 1.49. The van der Waals surface area contributed by atoms with Crippen molar-refractivity contribution >= 4 is 37.5 Å². The number of rotatable bonds is 5. The zero-order chi connectivity index (χ0) is 20.9. The minimum atomic E-state index is -4.24. The Labute approximate surface area is 161 Å². The summed E-state index contributed by atoms with van der Waals surface area (Å²) in [4.78, 5) is 12.0. The number of ether oxygens (including phenoxy) is 2. The molecular formula is C15H25B4F3N2O3. The first kappa shape index (κ1) is 21.8. The molecule has 27 heavy (non-hydrogen) atoms. The topological polar surface area (TPSA) is 53.4 Å². The molecule has 1 saturated carbocycles. The molecule has 1 fully saturated rings. The van der Waals surface area contributed by atoms with E-state index in [0.29, 0.717) is 0 Å². The first-order chi connectivity index (χ1) is 12.0. The molecule has 0 unspecified atom stereocenters. The fraction of sp³-hybridized carbons (Fsp3) is 0.733. The molecule has 0 saturated heterocycles. The Hall–Kier alpha value is -1.47. The molecule has 146 valence electrons. The summed E-state index contributed by atoms with van der Waals surface area (Å²) >= 11 is 0. The van der Waals surface area contributed by atoms with Crippen molar-refractivity contribution in [3.05, 3.63) is 12.3 Å². The van der Waals surface area contributed by atoms with Gasteiger partial charge in [0, 0.05) is 12.3 Å². The van der Waals surface area contributed by atoms with Crippen molar-refractivity contribution in [2.75, 3.05) is 6.61 Å². The highest BCUT2D eigenvalue weighted by molar-refractivity contribution is 6.54. The van der Waals surface area contributed by atoms with Gasteiger partial charge in [-0.2, -0.15) is 17.9 Å². The largest absolute Gasteiger partial charge is 0.478 e. The monoisotopic (exact) mass is 382 g/mol. The van der Waals surface area contributed by atoms with Crippen LogP contribution in [0.2, 0.25) is 10.4 Å². The molecular weight excluding hydrogens is 356 g/mol. The highest BCUT2D eigenvalue weighted by Crippen LogP contribution is 2.73. The Bertz CT molecular complexity index is 710. The van der Waals surface area contributed by atoms with Crippen molar-refractivity contribution in [2.24, 2.45) is 5.41 Å². The van der Waals surface area contributed by atoms with Crippen LogP contribution in [0.3, 0.4) is 0 Å². The summed E-state index contributed by atoms with van der Waals surface area (Å²) in [5.74, 6) is 0.168. The van der Waals surface area contributed by atoms with Gasteiger partial charge >= 0.3 is 12.3 Å². The molecule has 0 N–H and O–H groups in total. The van der Waals surface area contributed by atoms with E-state index < -0.39 is 33.7 Å². The van der Waals surface area contributed by atoms with E-state index in [-0.39, 0.29) is 25.3 Å². The van der Waals surface area contributed by atoms with Gasteiger partial charge in [0.25, 0.3) is 0 Å². The smallest absolute Gasteiger partial charge is 0.435 e. The zero-order valence-corrected chi connectivity index (χ0v) is 17.0. The molecule has 12 heteroatoms. The summed E-state index contributed by atoms with van der Waals surface area (Å²) in [7, 11) is 6.83. The minimum Gasteiger partial charge on any atom is -0.478 e. The normalized spacial score (nSPS) is 17.4. The second kappa shape index (κ2) is 6.55. The van der Waals surface area contributed by atoms with Crippen LogP contribution in [0.25, 0.3) is 0 Å². The van der Waals surface area contributed by atoms with E-state index in [2.05, 4.69) is 5.10 Å². The fourth-order valence-electron chi connectivity index (χ4n) is 3.26. The molecule has 0 aliphatic heterocycles. The number of nitrogens with zero attached hydrogens (tertiary/aromatic N) is 2. The summed E-state index contributed by atoms with van der Waals surface area (Å²) in [5, 5.41) is 2.21. The lowest BCUT2D eigenvalue weighted by Gasteiger charge is -2.48. The lowest BCUT2D eigenvalue weighted by atomic mass is 9.26. The van der Waals surface area contributed by atoms with Gasteiger partial charge in [0.1, 0.15) is 21.3 Å². The molecule has 0 radical (unpaired) electrons. The van der Waals surface area contributed by atoms with Crippen molar-refractivity contribution in [2.45, 2.75) is 55.8 Å². The second-order valence-corrected chi connectivity index (χ2v) is 9.46.